The number of methoxy groups -OCH3 is 1. The van der Waals surface area contributed by atoms with Gasteiger partial charge in [0.05, 0.1) is 12.7 Å². The first kappa shape index (κ1) is 28.9. The normalized spacial score (nSPS) is 22.1. The van der Waals surface area contributed by atoms with Crippen molar-refractivity contribution in [2.75, 3.05) is 12.4 Å². The zero-order chi connectivity index (χ0) is 28.7. The van der Waals surface area contributed by atoms with Crippen molar-refractivity contribution >= 4 is 35.5 Å². The maximum atomic E-state index is 12.5. The summed E-state index contributed by atoms with van der Waals surface area (Å²) in [5.74, 6) is -3.98. The zero-order valence-corrected chi connectivity index (χ0v) is 21.4. The van der Waals surface area contributed by atoms with Gasteiger partial charge in [0.2, 0.25) is 12.4 Å². The molecule has 1 heterocycles. The first-order valence-electron chi connectivity index (χ1n) is 11.6. The van der Waals surface area contributed by atoms with Gasteiger partial charge in [0, 0.05) is 26.5 Å². The van der Waals surface area contributed by atoms with Crippen LogP contribution in [0.25, 0.3) is 0 Å². The number of rotatable bonds is 8. The van der Waals surface area contributed by atoms with Crippen LogP contribution in [0.4, 0.5) is 5.69 Å². The average molecular weight is 545 g/mol. The number of aromatic hydroxyl groups is 1. The van der Waals surface area contributed by atoms with E-state index in [2.05, 4.69) is 5.32 Å². The maximum absolute atomic E-state index is 12.5. The van der Waals surface area contributed by atoms with Crippen LogP contribution in [0.3, 0.4) is 0 Å². The van der Waals surface area contributed by atoms with Crippen LogP contribution >= 0.6 is 0 Å². The van der Waals surface area contributed by atoms with E-state index in [0.717, 1.165) is 27.9 Å². The topological polar surface area (TPSA) is 173 Å². The van der Waals surface area contributed by atoms with Crippen molar-refractivity contribution in [2.45, 2.75) is 51.5 Å². The Labute approximate surface area is 222 Å². The van der Waals surface area contributed by atoms with Gasteiger partial charge in [-0.3, -0.25) is 19.2 Å². The fourth-order valence-corrected chi connectivity index (χ4v) is 3.79. The minimum absolute atomic E-state index is 0.0744. The molecule has 0 bridgehead atoms. The second-order valence-corrected chi connectivity index (χ2v) is 8.28. The summed E-state index contributed by atoms with van der Waals surface area (Å²) in [7, 11) is 1.08. The highest BCUT2D eigenvalue weighted by Gasteiger charge is 2.55. The van der Waals surface area contributed by atoms with E-state index in [1.807, 2.05) is 0 Å². The number of hydrogen-bond acceptors (Lipinski definition) is 12. The fraction of sp³-hybridized carbons (Fsp3) is 0.346. The van der Waals surface area contributed by atoms with Gasteiger partial charge >= 0.3 is 23.9 Å². The Kier molecular flexibility index (Phi) is 9.44. The van der Waals surface area contributed by atoms with Crippen molar-refractivity contribution in [3.05, 3.63) is 54.1 Å². The molecule has 0 saturated carbocycles. The van der Waals surface area contributed by atoms with E-state index in [0.29, 0.717) is 5.69 Å². The number of amides is 1. The lowest BCUT2D eigenvalue weighted by Crippen LogP contribution is -2.64. The highest BCUT2D eigenvalue weighted by atomic mass is 16.7. The molecule has 13 heteroatoms. The van der Waals surface area contributed by atoms with Crippen LogP contribution < -0.4 is 10.1 Å². The molecule has 5 unspecified atom stereocenters. The van der Waals surface area contributed by atoms with E-state index in [4.69, 9.17) is 28.4 Å². The first-order chi connectivity index (χ1) is 18.5. The fourth-order valence-electron chi connectivity index (χ4n) is 3.79. The molecule has 2 aromatic rings. The Morgan fingerprint density at radius 2 is 1.36 bits per heavy atom. The lowest BCUT2D eigenvalue weighted by atomic mass is 9.97. The van der Waals surface area contributed by atoms with E-state index in [9.17, 15) is 29.1 Å². The van der Waals surface area contributed by atoms with E-state index in [1.54, 1.807) is 12.1 Å². The van der Waals surface area contributed by atoms with Crippen molar-refractivity contribution in [1.82, 2.24) is 0 Å². The Bertz CT molecular complexity index is 1230. The largest absolute Gasteiger partial charge is 0.507 e. The van der Waals surface area contributed by atoms with Crippen molar-refractivity contribution in [2.24, 2.45) is 0 Å². The third-order valence-corrected chi connectivity index (χ3v) is 5.35. The molecule has 2 N–H and O–H groups in total. The predicted molar refractivity (Wildman–Crippen MR) is 130 cm³/mol. The monoisotopic (exact) mass is 545 g/mol. The lowest BCUT2D eigenvalue weighted by molar-refractivity contribution is -0.282. The van der Waals surface area contributed by atoms with E-state index in [1.165, 1.54) is 36.4 Å². The van der Waals surface area contributed by atoms with Crippen molar-refractivity contribution in [3.63, 3.8) is 0 Å². The van der Waals surface area contributed by atoms with E-state index >= 15 is 0 Å². The molecule has 1 aliphatic rings. The lowest BCUT2D eigenvalue weighted by Gasteiger charge is -2.43. The predicted octanol–water partition coefficient (Wildman–Crippen LogP) is 1.72. The summed E-state index contributed by atoms with van der Waals surface area (Å²) >= 11 is 0. The van der Waals surface area contributed by atoms with Crippen LogP contribution in [-0.2, 0) is 42.9 Å². The molecule has 1 amide bonds. The Balaban J connectivity index is 1.87. The number of para-hydroxylation sites is 1. The number of phenols is 1. The van der Waals surface area contributed by atoms with Gasteiger partial charge in [-0.2, -0.15) is 0 Å². The third-order valence-electron chi connectivity index (χ3n) is 5.35. The molecule has 3 rings (SSSR count). The number of hydrogen-bond donors (Lipinski definition) is 2. The van der Waals surface area contributed by atoms with Gasteiger partial charge in [-0.05, 0) is 36.4 Å². The Hall–Kier alpha value is -4.65. The molecule has 0 aliphatic carbocycles. The van der Waals surface area contributed by atoms with Crippen LogP contribution in [0, 0.1) is 0 Å². The molecule has 0 radical (unpaired) electrons. The summed E-state index contributed by atoms with van der Waals surface area (Å²) in [6.07, 6.45) is -7.59. The number of phenolic OH excluding ortho intramolecular Hbond substituents is 1. The quantitative estimate of drug-likeness (QED) is 0.364. The van der Waals surface area contributed by atoms with Gasteiger partial charge in [0.25, 0.3) is 5.91 Å². The van der Waals surface area contributed by atoms with Crippen molar-refractivity contribution in [1.29, 1.82) is 0 Å². The number of benzene rings is 2. The van der Waals surface area contributed by atoms with Gasteiger partial charge < -0.3 is 38.8 Å². The van der Waals surface area contributed by atoms with Gasteiger partial charge in [-0.25, -0.2) is 4.79 Å². The minimum Gasteiger partial charge on any atom is -0.507 e. The van der Waals surface area contributed by atoms with Crippen LogP contribution in [0.5, 0.6) is 11.5 Å². The SMILES string of the molecule is COC(=O)C1OC(Oc2ccc(NC(=O)c3ccccc3O)cc2)C(OC(C)=O)C(OC(C)=O)C1OC(C)=O. The standard InChI is InChI=1S/C26H27NO12/c1-13(28)35-20-21(36-14(2)29)23(37-15(3)30)26(39-22(20)25(33)34-4)38-17-11-9-16(10-12-17)27-24(32)18-7-5-6-8-19(18)31/h5-12,20-23,26,31H,1-4H3,(H,27,32). The smallest absolute Gasteiger partial charge is 0.339 e. The molecule has 0 spiro atoms. The molecular weight excluding hydrogens is 518 g/mol. The first-order valence-corrected chi connectivity index (χ1v) is 11.6. The number of esters is 4. The van der Waals surface area contributed by atoms with E-state index < -0.39 is 60.5 Å². The summed E-state index contributed by atoms with van der Waals surface area (Å²) in [4.78, 5) is 60.5. The second-order valence-electron chi connectivity index (χ2n) is 8.28. The number of anilines is 1. The summed E-state index contributed by atoms with van der Waals surface area (Å²) in [5, 5.41) is 12.5. The second kappa shape index (κ2) is 12.7. The van der Waals surface area contributed by atoms with Crippen molar-refractivity contribution < 1.29 is 57.5 Å². The molecule has 5 atom stereocenters. The summed E-state index contributed by atoms with van der Waals surface area (Å²) < 4.78 is 32.1. The molecule has 2 aromatic carbocycles. The number of carbonyl (C=O) groups excluding carboxylic acids is 5. The number of ether oxygens (including phenoxy) is 6. The third kappa shape index (κ3) is 7.45. The van der Waals surface area contributed by atoms with Gasteiger partial charge in [-0.1, -0.05) is 12.1 Å². The highest BCUT2D eigenvalue weighted by Crippen LogP contribution is 2.31. The van der Waals surface area contributed by atoms with Crippen molar-refractivity contribution in [3.8, 4) is 11.5 Å². The van der Waals surface area contributed by atoms with Crippen LogP contribution in [0.2, 0.25) is 0 Å². The summed E-state index contributed by atoms with van der Waals surface area (Å²) in [6, 6.07) is 11.9. The molecule has 1 saturated heterocycles. The summed E-state index contributed by atoms with van der Waals surface area (Å²) in [5.41, 5.74) is 0.433. The van der Waals surface area contributed by atoms with Gasteiger partial charge in [0.15, 0.2) is 18.3 Å². The molecule has 13 nitrogen and oxygen atoms in total. The molecular formula is C26H27NO12. The number of carbonyl (C=O) groups is 5. The van der Waals surface area contributed by atoms with Crippen LogP contribution in [0.15, 0.2) is 48.5 Å². The molecule has 1 fully saturated rings. The average Bonchev–Trinajstić information content (AvgIpc) is 2.87. The van der Waals surface area contributed by atoms with Gasteiger partial charge in [0.1, 0.15) is 11.5 Å². The molecule has 0 aromatic heterocycles. The summed E-state index contributed by atoms with van der Waals surface area (Å²) in [6.45, 7) is 3.25. The van der Waals surface area contributed by atoms with Crippen LogP contribution in [0.1, 0.15) is 31.1 Å². The minimum atomic E-state index is -1.60. The Morgan fingerprint density at radius 1 is 0.795 bits per heavy atom. The molecule has 39 heavy (non-hydrogen) atoms. The molecule has 208 valence electrons. The Morgan fingerprint density at radius 3 is 1.92 bits per heavy atom. The van der Waals surface area contributed by atoms with E-state index in [-0.39, 0.29) is 17.1 Å². The zero-order valence-electron chi connectivity index (χ0n) is 21.4. The highest BCUT2D eigenvalue weighted by molar-refractivity contribution is 6.06. The van der Waals surface area contributed by atoms with Crippen LogP contribution in [-0.4, -0.2) is 72.7 Å². The van der Waals surface area contributed by atoms with Gasteiger partial charge in [-0.15, -0.1) is 0 Å². The number of nitrogens with one attached hydrogen (secondary N) is 1. The molecule has 1 aliphatic heterocycles. The maximum Gasteiger partial charge on any atom is 0.339 e.